The standard InChI is InChI=1S/C26H30BrN3O2/c1-17(13-25(31)22-15-21(22)18-5-3-2-4-6-18)16-29-11-9-20(10-12-29)30-24-8-7-19(27)14-23(24)28-26(30)32/h2-8,14,17,20-22H,9-13,15-16H2,1H3,(H,28,32)/t17-,21?,22?/m1/s1. The van der Waals surface area contributed by atoms with E-state index in [1.54, 1.807) is 0 Å². The van der Waals surface area contributed by atoms with Crippen LogP contribution in [0.15, 0.2) is 57.8 Å². The molecule has 1 aliphatic heterocycles. The molecule has 0 bridgehead atoms. The van der Waals surface area contributed by atoms with E-state index in [4.69, 9.17) is 0 Å². The number of halogens is 1. The minimum atomic E-state index is -0.0204. The Morgan fingerprint density at radius 1 is 1.16 bits per heavy atom. The van der Waals surface area contributed by atoms with E-state index in [1.165, 1.54) is 5.56 Å². The van der Waals surface area contributed by atoms with Crippen LogP contribution < -0.4 is 5.69 Å². The molecule has 168 valence electrons. The molecule has 3 atom stereocenters. The Bertz CT molecular complexity index is 1160. The number of likely N-dealkylation sites (tertiary alicyclic amines) is 1. The van der Waals surface area contributed by atoms with Crippen molar-refractivity contribution in [1.82, 2.24) is 14.5 Å². The second-order valence-corrected chi connectivity index (χ2v) is 10.5. The highest BCUT2D eigenvalue weighted by Crippen LogP contribution is 2.48. The first-order valence-corrected chi connectivity index (χ1v) is 12.5. The van der Waals surface area contributed by atoms with E-state index in [9.17, 15) is 9.59 Å². The third kappa shape index (κ3) is 4.48. The SMILES string of the molecule is C[C@H](CC(=O)C1CC1c1ccccc1)CN1CCC(n2c(=O)[nH]c3cc(Br)ccc32)CC1. The summed E-state index contributed by atoms with van der Waals surface area (Å²) < 4.78 is 2.90. The zero-order valence-corrected chi connectivity index (χ0v) is 20.1. The number of hydrogen-bond acceptors (Lipinski definition) is 3. The van der Waals surface area contributed by atoms with Crippen LogP contribution in [0.4, 0.5) is 0 Å². The molecule has 0 spiro atoms. The highest BCUT2D eigenvalue weighted by atomic mass is 79.9. The predicted molar refractivity (Wildman–Crippen MR) is 131 cm³/mol. The molecule has 5 rings (SSSR count). The van der Waals surface area contributed by atoms with Gasteiger partial charge in [0, 0.05) is 42.5 Å². The molecular weight excluding hydrogens is 466 g/mol. The molecule has 1 aromatic heterocycles. The Morgan fingerprint density at radius 3 is 2.66 bits per heavy atom. The highest BCUT2D eigenvalue weighted by Gasteiger charge is 2.43. The van der Waals surface area contributed by atoms with Crippen LogP contribution in [-0.4, -0.2) is 39.9 Å². The number of ketones is 1. The van der Waals surface area contributed by atoms with Gasteiger partial charge in [0.2, 0.25) is 0 Å². The second kappa shape index (κ2) is 8.99. The van der Waals surface area contributed by atoms with Crippen molar-refractivity contribution in [3.8, 4) is 0 Å². The Labute approximate surface area is 196 Å². The molecule has 2 fully saturated rings. The van der Waals surface area contributed by atoms with Crippen molar-refractivity contribution >= 4 is 32.7 Å². The maximum atomic E-state index is 12.8. The third-order valence-corrected chi connectivity index (χ3v) is 7.65. The van der Waals surface area contributed by atoms with Crippen LogP contribution in [0, 0.1) is 11.8 Å². The lowest BCUT2D eigenvalue weighted by atomic mass is 9.97. The van der Waals surface area contributed by atoms with Crippen molar-refractivity contribution in [1.29, 1.82) is 0 Å². The first kappa shape index (κ1) is 21.7. The fourth-order valence-electron chi connectivity index (χ4n) is 5.45. The number of fused-ring (bicyclic) bond motifs is 1. The molecule has 1 aliphatic carbocycles. The number of carbonyl (C=O) groups is 1. The van der Waals surface area contributed by atoms with Gasteiger partial charge in [-0.2, -0.15) is 0 Å². The van der Waals surface area contributed by atoms with Gasteiger partial charge in [-0.1, -0.05) is 53.2 Å². The van der Waals surface area contributed by atoms with Gasteiger partial charge in [0.05, 0.1) is 11.0 Å². The summed E-state index contributed by atoms with van der Waals surface area (Å²) in [5.74, 6) is 1.45. The number of benzene rings is 2. The summed E-state index contributed by atoms with van der Waals surface area (Å²) in [5, 5.41) is 0. The fraction of sp³-hybridized carbons (Fsp3) is 0.462. The van der Waals surface area contributed by atoms with E-state index in [0.29, 0.717) is 24.0 Å². The Hall–Kier alpha value is -2.18. The van der Waals surface area contributed by atoms with Gasteiger partial charge < -0.3 is 9.88 Å². The van der Waals surface area contributed by atoms with Crippen molar-refractivity contribution in [2.45, 2.75) is 44.6 Å². The smallest absolute Gasteiger partial charge is 0.305 e. The summed E-state index contributed by atoms with van der Waals surface area (Å²) in [6, 6.07) is 16.6. The molecule has 6 heteroatoms. The molecule has 3 aromatic rings. The fourth-order valence-corrected chi connectivity index (χ4v) is 5.81. The number of nitrogens with one attached hydrogen (secondary N) is 1. The molecule has 2 unspecified atom stereocenters. The van der Waals surface area contributed by atoms with Gasteiger partial charge in [-0.25, -0.2) is 4.79 Å². The number of hydrogen-bond donors (Lipinski definition) is 1. The first-order valence-electron chi connectivity index (χ1n) is 11.7. The van der Waals surface area contributed by atoms with Crippen LogP contribution in [0.3, 0.4) is 0 Å². The van der Waals surface area contributed by atoms with Gasteiger partial charge in [0.1, 0.15) is 5.78 Å². The van der Waals surface area contributed by atoms with E-state index in [2.05, 4.69) is 57.0 Å². The average molecular weight is 496 g/mol. The van der Waals surface area contributed by atoms with Crippen molar-refractivity contribution in [3.05, 3.63) is 69.1 Å². The van der Waals surface area contributed by atoms with E-state index in [1.807, 2.05) is 28.8 Å². The Kier molecular flexibility index (Phi) is 6.08. The molecule has 0 amide bonds. The first-order chi connectivity index (χ1) is 15.5. The van der Waals surface area contributed by atoms with E-state index < -0.39 is 0 Å². The Morgan fingerprint density at radius 2 is 1.91 bits per heavy atom. The maximum absolute atomic E-state index is 12.8. The number of nitrogens with zero attached hydrogens (tertiary/aromatic N) is 2. The van der Waals surface area contributed by atoms with Crippen molar-refractivity contribution in [2.24, 2.45) is 11.8 Å². The molecule has 2 aromatic carbocycles. The third-order valence-electron chi connectivity index (χ3n) is 7.15. The summed E-state index contributed by atoms with van der Waals surface area (Å²) in [4.78, 5) is 30.8. The van der Waals surface area contributed by atoms with Gasteiger partial charge >= 0.3 is 5.69 Å². The summed E-state index contributed by atoms with van der Waals surface area (Å²) in [7, 11) is 0. The predicted octanol–water partition coefficient (Wildman–Crippen LogP) is 5.13. The minimum Gasteiger partial charge on any atom is -0.305 e. The quantitative estimate of drug-likeness (QED) is 0.494. The average Bonchev–Trinajstić information content (AvgIpc) is 3.52. The molecular formula is C26H30BrN3O2. The molecule has 0 radical (unpaired) electrons. The van der Waals surface area contributed by atoms with Crippen LogP contribution in [0.5, 0.6) is 0 Å². The summed E-state index contributed by atoms with van der Waals surface area (Å²) >= 11 is 3.48. The minimum absolute atomic E-state index is 0.0204. The van der Waals surface area contributed by atoms with Crippen molar-refractivity contribution in [3.63, 3.8) is 0 Å². The molecule has 1 saturated carbocycles. The van der Waals surface area contributed by atoms with Crippen LogP contribution >= 0.6 is 15.9 Å². The number of rotatable bonds is 7. The number of aromatic amines is 1. The van der Waals surface area contributed by atoms with Crippen LogP contribution in [0.2, 0.25) is 0 Å². The lowest BCUT2D eigenvalue weighted by molar-refractivity contribution is -0.121. The second-order valence-electron chi connectivity index (χ2n) is 9.63. The van der Waals surface area contributed by atoms with E-state index in [0.717, 1.165) is 54.4 Å². The molecule has 1 N–H and O–H groups in total. The largest absolute Gasteiger partial charge is 0.326 e. The molecule has 1 saturated heterocycles. The molecule has 2 aliphatic rings. The number of piperidine rings is 1. The van der Waals surface area contributed by atoms with Gasteiger partial charge in [0.15, 0.2) is 0 Å². The van der Waals surface area contributed by atoms with Gasteiger partial charge in [-0.05, 0) is 54.9 Å². The summed E-state index contributed by atoms with van der Waals surface area (Å²) in [6.45, 7) is 5.09. The van der Waals surface area contributed by atoms with Gasteiger partial charge in [-0.15, -0.1) is 0 Å². The molecule has 32 heavy (non-hydrogen) atoms. The monoisotopic (exact) mass is 495 g/mol. The van der Waals surface area contributed by atoms with Crippen LogP contribution in [-0.2, 0) is 4.79 Å². The lowest BCUT2D eigenvalue weighted by Gasteiger charge is -2.34. The zero-order chi connectivity index (χ0) is 22.2. The van der Waals surface area contributed by atoms with Crippen molar-refractivity contribution in [2.75, 3.05) is 19.6 Å². The number of aromatic nitrogens is 2. The number of imidazole rings is 1. The Balaban J connectivity index is 1.13. The maximum Gasteiger partial charge on any atom is 0.326 e. The number of H-pyrrole nitrogens is 1. The highest BCUT2D eigenvalue weighted by molar-refractivity contribution is 9.10. The van der Waals surface area contributed by atoms with Crippen molar-refractivity contribution < 1.29 is 4.79 Å². The molecule has 5 nitrogen and oxygen atoms in total. The van der Waals surface area contributed by atoms with Crippen LogP contribution in [0.25, 0.3) is 11.0 Å². The zero-order valence-electron chi connectivity index (χ0n) is 18.5. The number of carbonyl (C=O) groups excluding carboxylic acids is 1. The number of Topliss-reactive ketones (excluding diaryl/α,β-unsaturated/α-hetero) is 1. The van der Waals surface area contributed by atoms with E-state index in [-0.39, 0.29) is 17.6 Å². The topological polar surface area (TPSA) is 58.1 Å². The van der Waals surface area contributed by atoms with Gasteiger partial charge in [0.25, 0.3) is 0 Å². The lowest BCUT2D eigenvalue weighted by Crippen LogP contribution is -2.39. The van der Waals surface area contributed by atoms with E-state index >= 15 is 0 Å². The summed E-state index contributed by atoms with van der Waals surface area (Å²) in [6.07, 6.45) is 3.60. The van der Waals surface area contributed by atoms with Gasteiger partial charge in [-0.3, -0.25) is 9.36 Å². The molecule has 2 heterocycles. The van der Waals surface area contributed by atoms with Crippen LogP contribution in [0.1, 0.15) is 50.1 Å². The summed E-state index contributed by atoms with van der Waals surface area (Å²) in [5.41, 5.74) is 3.15. The normalized spacial score (nSPS) is 22.8.